The molecule has 2 heterocycles. The molecule has 0 radical (unpaired) electrons. The highest BCUT2D eigenvalue weighted by Crippen LogP contribution is 2.23. The normalized spacial score (nSPS) is 11.9. The van der Waals surface area contributed by atoms with Gasteiger partial charge in [0.25, 0.3) is 0 Å². The van der Waals surface area contributed by atoms with Crippen molar-refractivity contribution in [1.29, 1.82) is 0 Å². The molecule has 0 saturated carbocycles. The van der Waals surface area contributed by atoms with Crippen LogP contribution in [0.1, 0.15) is 19.3 Å². The molecule has 18 heavy (non-hydrogen) atoms. The minimum Gasteiger partial charge on any atom is -0.464 e. The first-order valence-electron chi connectivity index (χ1n) is 5.69. The zero-order valence-corrected chi connectivity index (χ0v) is 9.63. The van der Waals surface area contributed by atoms with Crippen molar-refractivity contribution in [2.75, 3.05) is 11.9 Å². The maximum atomic E-state index is 11.9. The van der Waals surface area contributed by atoms with Gasteiger partial charge in [0.15, 0.2) is 0 Å². The van der Waals surface area contributed by atoms with Gasteiger partial charge in [-0.1, -0.05) is 0 Å². The van der Waals surface area contributed by atoms with Crippen molar-refractivity contribution in [3.05, 3.63) is 24.6 Å². The van der Waals surface area contributed by atoms with Gasteiger partial charge in [-0.25, -0.2) is 4.98 Å². The maximum absolute atomic E-state index is 11.9. The predicted octanol–water partition coefficient (Wildman–Crippen LogP) is 3.97. The van der Waals surface area contributed by atoms with Crippen LogP contribution in [0.5, 0.6) is 0 Å². The van der Waals surface area contributed by atoms with Crippen LogP contribution in [0.2, 0.25) is 0 Å². The highest BCUT2D eigenvalue weighted by molar-refractivity contribution is 5.87. The van der Waals surface area contributed by atoms with Crippen LogP contribution in [0.25, 0.3) is 11.0 Å². The predicted molar refractivity (Wildman–Crippen MR) is 62.4 cm³/mol. The third-order valence-corrected chi connectivity index (χ3v) is 2.56. The Balaban J connectivity index is 1.82. The number of rotatable bonds is 5. The van der Waals surface area contributed by atoms with E-state index >= 15 is 0 Å². The number of nitrogens with one attached hydrogen (secondary N) is 1. The highest BCUT2D eigenvalue weighted by atomic mass is 19.4. The van der Waals surface area contributed by atoms with Gasteiger partial charge in [-0.15, -0.1) is 0 Å². The van der Waals surface area contributed by atoms with Crippen LogP contribution in [0.3, 0.4) is 0 Å². The van der Waals surface area contributed by atoms with Crippen LogP contribution in [0.4, 0.5) is 19.0 Å². The van der Waals surface area contributed by atoms with E-state index in [9.17, 15) is 13.2 Å². The molecule has 0 aliphatic heterocycles. The van der Waals surface area contributed by atoms with E-state index in [1.807, 2.05) is 0 Å². The van der Waals surface area contributed by atoms with E-state index < -0.39 is 12.6 Å². The van der Waals surface area contributed by atoms with Gasteiger partial charge in [-0.3, -0.25) is 0 Å². The van der Waals surface area contributed by atoms with E-state index in [0.29, 0.717) is 24.4 Å². The molecular formula is C12H13F3N2O. The van der Waals surface area contributed by atoms with Crippen molar-refractivity contribution in [3.8, 4) is 0 Å². The highest BCUT2D eigenvalue weighted by Gasteiger charge is 2.25. The lowest BCUT2D eigenvalue weighted by Crippen LogP contribution is -2.09. The second-order valence-corrected chi connectivity index (χ2v) is 3.99. The lowest BCUT2D eigenvalue weighted by Gasteiger charge is -2.07. The van der Waals surface area contributed by atoms with E-state index in [2.05, 4.69) is 10.3 Å². The van der Waals surface area contributed by atoms with Gasteiger partial charge in [-0.05, 0) is 25.0 Å². The van der Waals surface area contributed by atoms with E-state index in [1.165, 1.54) is 0 Å². The standard InChI is InChI=1S/C12H13F3N2O/c13-12(14,15)5-1-2-6-16-11-9-4-8-18-10(9)3-7-17-11/h3-4,7-8H,1-2,5-6H2,(H,16,17). The molecule has 0 bridgehead atoms. The fourth-order valence-electron chi connectivity index (χ4n) is 1.69. The smallest absolute Gasteiger partial charge is 0.389 e. The number of unbranched alkanes of at least 4 members (excludes halogenated alkanes) is 1. The Labute approximate surface area is 102 Å². The number of aromatic nitrogens is 1. The Hall–Kier alpha value is -1.72. The van der Waals surface area contributed by atoms with Crippen LogP contribution in [0, 0.1) is 0 Å². The lowest BCUT2D eigenvalue weighted by atomic mass is 10.2. The Morgan fingerprint density at radius 1 is 1.22 bits per heavy atom. The lowest BCUT2D eigenvalue weighted by molar-refractivity contribution is -0.135. The van der Waals surface area contributed by atoms with Crippen LogP contribution < -0.4 is 5.32 Å². The SMILES string of the molecule is FC(F)(F)CCCCNc1nccc2occc12. The summed E-state index contributed by atoms with van der Waals surface area (Å²) in [5, 5.41) is 3.86. The maximum Gasteiger partial charge on any atom is 0.389 e. The molecular weight excluding hydrogens is 245 g/mol. The molecule has 0 spiro atoms. The summed E-state index contributed by atoms with van der Waals surface area (Å²) < 4.78 is 41.0. The number of pyridine rings is 1. The van der Waals surface area contributed by atoms with Crippen LogP contribution in [-0.2, 0) is 0 Å². The average molecular weight is 258 g/mol. The van der Waals surface area contributed by atoms with Gasteiger partial charge in [0.05, 0.1) is 11.6 Å². The third kappa shape index (κ3) is 3.38. The molecule has 0 amide bonds. The fourth-order valence-corrected chi connectivity index (χ4v) is 1.69. The van der Waals surface area contributed by atoms with E-state index in [-0.39, 0.29) is 6.42 Å². The Kier molecular flexibility index (Phi) is 3.74. The van der Waals surface area contributed by atoms with Crippen LogP contribution >= 0.6 is 0 Å². The Morgan fingerprint density at radius 2 is 2.06 bits per heavy atom. The van der Waals surface area contributed by atoms with Crippen molar-refractivity contribution in [2.24, 2.45) is 0 Å². The number of anilines is 1. The number of furan rings is 1. The molecule has 0 unspecified atom stereocenters. The monoisotopic (exact) mass is 258 g/mol. The van der Waals surface area contributed by atoms with Gasteiger partial charge >= 0.3 is 6.18 Å². The molecule has 3 nitrogen and oxygen atoms in total. The largest absolute Gasteiger partial charge is 0.464 e. The quantitative estimate of drug-likeness (QED) is 0.824. The molecule has 2 aromatic heterocycles. The summed E-state index contributed by atoms with van der Waals surface area (Å²) in [5.41, 5.74) is 0.711. The Bertz CT molecular complexity index is 507. The zero-order valence-electron chi connectivity index (χ0n) is 9.63. The summed E-state index contributed by atoms with van der Waals surface area (Å²) in [6, 6.07) is 3.52. The average Bonchev–Trinajstić information content (AvgIpc) is 2.75. The summed E-state index contributed by atoms with van der Waals surface area (Å²) in [6.07, 6.45) is -1.07. The van der Waals surface area contributed by atoms with Gasteiger partial charge in [-0.2, -0.15) is 13.2 Å². The summed E-state index contributed by atoms with van der Waals surface area (Å²) in [7, 11) is 0. The molecule has 1 N–H and O–H groups in total. The molecule has 0 aliphatic rings. The molecule has 0 fully saturated rings. The molecule has 0 aliphatic carbocycles. The van der Waals surface area contributed by atoms with Gasteiger partial charge in [0, 0.05) is 19.2 Å². The van der Waals surface area contributed by atoms with E-state index in [1.54, 1.807) is 24.6 Å². The van der Waals surface area contributed by atoms with Gasteiger partial charge in [0.2, 0.25) is 0 Å². The number of halogens is 3. The first-order valence-corrected chi connectivity index (χ1v) is 5.69. The summed E-state index contributed by atoms with van der Waals surface area (Å²) in [4.78, 5) is 4.13. The molecule has 0 atom stereocenters. The number of alkyl halides is 3. The topological polar surface area (TPSA) is 38.1 Å². The molecule has 0 aromatic carbocycles. The number of hydrogen-bond acceptors (Lipinski definition) is 3. The summed E-state index contributed by atoms with van der Waals surface area (Å²) in [5.74, 6) is 0.647. The minimum absolute atomic E-state index is 0.123. The van der Waals surface area contributed by atoms with Crippen molar-refractivity contribution < 1.29 is 17.6 Å². The van der Waals surface area contributed by atoms with Crippen molar-refractivity contribution >= 4 is 16.8 Å². The Morgan fingerprint density at radius 3 is 2.83 bits per heavy atom. The van der Waals surface area contributed by atoms with E-state index in [4.69, 9.17) is 4.42 Å². The van der Waals surface area contributed by atoms with Crippen LogP contribution in [-0.4, -0.2) is 17.7 Å². The van der Waals surface area contributed by atoms with Gasteiger partial charge in [0.1, 0.15) is 11.4 Å². The first kappa shape index (κ1) is 12.7. The van der Waals surface area contributed by atoms with Crippen molar-refractivity contribution in [3.63, 3.8) is 0 Å². The fraction of sp³-hybridized carbons (Fsp3) is 0.417. The summed E-state index contributed by atoms with van der Waals surface area (Å²) in [6.45, 7) is 0.466. The second-order valence-electron chi connectivity index (χ2n) is 3.99. The molecule has 2 aromatic rings. The van der Waals surface area contributed by atoms with Crippen molar-refractivity contribution in [2.45, 2.75) is 25.4 Å². The van der Waals surface area contributed by atoms with Crippen molar-refractivity contribution in [1.82, 2.24) is 4.98 Å². The number of nitrogens with zero attached hydrogens (tertiary/aromatic N) is 1. The molecule has 2 rings (SSSR count). The van der Waals surface area contributed by atoms with Gasteiger partial charge < -0.3 is 9.73 Å². The number of hydrogen-bond donors (Lipinski definition) is 1. The van der Waals surface area contributed by atoms with E-state index in [0.717, 1.165) is 5.39 Å². The molecule has 98 valence electrons. The minimum atomic E-state index is -4.07. The third-order valence-electron chi connectivity index (χ3n) is 2.56. The van der Waals surface area contributed by atoms with Crippen LogP contribution in [0.15, 0.2) is 29.0 Å². The molecule has 6 heteroatoms. The zero-order chi connectivity index (χ0) is 13.0. The first-order chi connectivity index (χ1) is 8.56. The molecule has 0 saturated heterocycles. The second kappa shape index (κ2) is 5.29. The summed E-state index contributed by atoms with van der Waals surface area (Å²) >= 11 is 0. The number of fused-ring (bicyclic) bond motifs is 1.